The molecule has 3 saturated heterocycles. The van der Waals surface area contributed by atoms with Crippen LogP contribution in [0.5, 0.6) is 0 Å². The zero-order chi connectivity index (χ0) is 37.6. The lowest BCUT2D eigenvalue weighted by Gasteiger charge is -2.40. The number of likely N-dealkylation sites (N-methyl/N-ethyl adjacent to an activating group) is 1. The summed E-state index contributed by atoms with van der Waals surface area (Å²) in [6.07, 6.45) is 11.7. The summed E-state index contributed by atoms with van der Waals surface area (Å²) in [7, 11) is 0. The Kier molecular flexibility index (Phi) is 10.2. The van der Waals surface area contributed by atoms with E-state index in [0.29, 0.717) is 19.5 Å². The molecule has 282 valence electrons. The van der Waals surface area contributed by atoms with E-state index in [9.17, 15) is 29.1 Å². The van der Waals surface area contributed by atoms with Crippen molar-refractivity contribution in [1.82, 2.24) is 40.6 Å². The van der Waals surface area contributed by atoms with Crippen LogP contribution in [-0.4, -0.2) is 120 Å². The van der Waals surface area contributed by atoms with Crippen molar-refractivity contribution < 1.29 is 33.9 Å². The molecular weight excluding hydrogens is 668 g/mol. The van der Waals surface area contributed by atoms with Crippen molar-refractivity contribution >= 4 is 35.5 Å². The normalized spacial score (nSPS) is 30.1. The number of carboxylic acids is 1. The van der Waals surface area contributed by atoms with E-state index in [1.165, 1.54) is 29.6 Å². The first-order valence-electron chi connectivity index (χ1n) is 18.6. The molecular formula is C37H52N8O7. The second-order valence-electron chi connectivity index (χ2n) is 16.2. The van der Waals surface area contributed by atoms with E-state index in [2.05, 4.69) is 37.4 Å². The van der Waals surface area contributed by atoms with Gasteiger partial charge in [0.25, 0.3) is 5.91 Å². The molecule has 2 saturated carbocycles. The fourth-order valence-electron chi connectivity index (χ4n) is 9.11. The summed E-state index contributed by atoms with van der Waals surface area (Å²) >= 11 is 0. The molecule has 6 rings (SSSR count). The Balaban J connectivity index is 1.32. The first-order valence-corrected chi connectivity index (χ1v) is 18.6. The topological polar surface area (TPSA) is 194 Å². The van der Waals surface area contributed by atoms with Crippen LogP contribution in [0.3, 0.4) is 0 Å². The minimum Gasteiger partial charge on any atom is -0.479 e. The molecule has 7 atom stereocenters. The average molecular weight is 721 g/mol. The molecule has 4 N–H and O–H groups in total. The van der Waals surface area contributed by atoms with Crippen LogP contribution in [0.1, 0.15) is 96.0 Å². The molecule has 15 nitrogen and oxygen atoms in total. The molecule has 1 spiro atoms. The van der Waals surface area contributed by atoms with E-state index < -0.39 is 70.3 Å². The lowest BCUT2D eigenvalue weighted by Crippen LogP contribution is -2.62. The third-order valence-electron chi connectivity index (χ3n) is 12.0. The maximum atomic E-state index is 15.0. The molecule has 52 heavy (non-hydrogen) atoms. The number of carbonyl (C=O) groups is 6. The van der Waals surface area contributed by atoms with Crippen LogP contribution in [0.2, 0.25) is 0 Å². The summed E-state index contributed by atoms with van der Waals surface area (Å²) in [4.78, 5) is 96.4. The van der Waals surface area contributed by atoms with Gasteiger partial charge in [0.2, 0.25) is 23.6 Å². The Morgan fingerprint density at radius 2 is 1.79 bits per heavy atom. The molecule has 5 aliphatic rings. The van der Waals surface area contributed by atoms with Gasteiger partial charge in [0.05, 0.1) is 18.8 Å². The summed E-state index contributed by atoms with van der Waals surface area (Å²) in [6, 6.07) is -3.57. The third-order valence-corrected chi connectivity index (χ3v) is 12.0. The van der Waals surface area contributed by atoms with Gasteiger partial charge >= 0.3 is 5.97 Å². The minimum absolute atomic E-state index is 0.0167. The van der Waals surface area contributed by atoms with Gasteiger partial charge in [-0.25, -0.2) is 9.78 Å². The van der Waals surface area contributed by atoms with E-state index in [-0.39, 0.29) is 42.9 Å². The number of nitrogens with one attached hydrogen (secondary N) is 3. The van der Waals surface area contributed by atoms with Gasteiger partial charge in [-0.15, -0.1) is 6.58 Å². The van der Waals surface area contributed by atoms with Crippen LogP contribution in [0.4, 0.5) is 0 Å². The van der Waals surface area contributed by atoms with Crippen LogP contribution in [0.15, 0.2) is 31.2 Å². The number of hydrogen-bond donors (Lipinski definition) is 4. The highest BCUT2D eigenvalue weighted by atomic mass is 16.4. The zero-order valence-corrected chi connectivity index (χ0v) is 30.6. The first kappa shape index (κ1) is 37.4. The van der Waals surface area contributed by atoms with Crippen LogP contribution in [-0.2, 0) is 24.0 Å². The first-order chi connectivity index (χ1) is 24.7. The number of fused-ring (bicyclic) bond motifs is 2. The van der Waals surface area contributed by atoms with Crippen molar-refractivity contribution in [2.24, 2.45) is 17.3 Å². The summed E-state index contributed by atoms with van der Waals surface area (Å²) in [5.74, 6) is -4.07. The van der Waals surface area contributed by atoms with E-state index in [1.807, 2.05) is 27.7 Å². The number of rotatable bonds is 11. The summed E-state index contributed by atoms with van der Waals surface area (Å²) < 4.78 is 0. The molecule has 1 unspecified atom stereocenters. The second-order valence-corrected chi connectivity index (χ2v) is 16.2. The Bertz CT molecular complexity index is 1610. The highest BCUT2D eigenvalue weighted by Gasteiger charge is 2.66. The molecule has 15 heteroatoms. The van der Waals surface area contributed by atoms with Crippen LogP contribution < -0.4 is 16.0 Å². The maximum Gasteiger partial charge on any atom is 0.330 e. The molecule has 4 heterocycles. The fraction of sp³-hybridized carbons (Fsp3) is 0.676. The Hall–Kier alpha value is -4.40. The van der Waals surface area contributed by atoms with Gasteiger partial charge in [0.15, 0.2) is 0 Å². The molecule has 3 aliphatic heterocycles. The fourth-order valence-corrected chi connectivity index (χ4v) is 9.11. The lowest BCUT2D eigenvalue weighted by molar-refractivity contribution is -0.147. The Morgan fingerprint density at radius 3 is 2.38 bits per heavy atom. The molecule has 0 radical (unpaired) electrons. The number of aliphatic carboxylic acids is 1. The standard InChI is InChI=1S/C37H52N8O7/c1-6-23-18-37(23,34(51)52)42-30(47)26-19-36(44(7-2)32(49)25-14-11-17-45(25)36)21-43(26)33(50)28(35(3,4)5)41-31(48)27(22-12-9-8-10-13-22)40-29(46)24-20-38-15-16-39-24/h6,15-16,20,22-23,25-28H,1,7-14,17-19,21H2,2-5H3,(H,40,46)(H,41,48)(H,42,47)(H,51,52)/t23-,25+,26+,27+,28-,36?,37+/m1/s1. The number of likely N-dealkylation sites (tertiary alicyclic amines) is 1. The number of aromatic nitrogens is 2. The third kappa shape index (κ3) is 6.56. The van der Waals surface area contributed by atoms with Crippen molar-refractivity contribution in [3.05, 3.63) is 36.9 Å². The molecule has 1 aromatic heterocycles. The van der Waals surface area contributed by atoms with Crippen LogP contribution >= 0.6 is 0 Å². The second kappa shape index (κ2) is 14.2. The number of carbonyl (C=O) groups excluding carboxylic acids is 5. The van der Waals surface area contributed by atoms with Gasteiger partial charge in [-0.2, -0.15) is 0 Å². The van der Waals surface area contributed by atoms with Gasteiger partial charge in [0.1, 0.15) is 35.0 Å². The predicted octanol–water partition coefficient (Wildman–Crippen LogP) is 1.46. The van der Waals surface area contributed by atoms with E-state index in [0.717, 1.165) is 38.5 Å². The Labute approximate surface area is 304 Å². The van der Waals surface area contributed by atoms with Gasteiger partial charge in [-0.1, -0.05) is 46.1 Å². The number of nitrogens with zero attached hydrogens (tertiary/aromatic N) is 5. The largest absolute Gasteiger partial charge is 0.479 e. The predicted molar refractivity (Wildman–Crippen MR) is 188 cm³/mol. The minimum atomic E-state index is -1.53. The van der Waals surface area contributed by atoms with Gasteiger partial charge < -0.3 is 30.9 Å². The van der Waals surface area contributed by atoms with E-state index in [4.69, 9.17) is 0 Å². The number of hydrogen-bond acceptors (Lipinski definition) is 9. The monoisotopic (exact) mass is 720 g/mol. The van der Waals surface area contributed by atoms with Crippen LogP contribution in [0.25, 0.3) is 0 Å². The van der Waals surface area contributed by atoms with Crippen molar-refractivity contribution in [3.8, 4) is 0 Å². The van der Waals surface area contributed by atoms with Crippen molar-refractivity contribution in [2.75, 3.05) is 19.6 Å². The quantitative estimate of drug-likeness (QED) is 0.243. The molecule has 0 aromatic carbocycles. The zero-order valence-electron chi connectivity index (χ0n) is 30.6. The van der Waals surface area contributed by atoms with E-state index >= 15 is 4.79 Å². The SMILES string of the molecule is C=C[C@@H]1C[C@@]1(NC(=O)[C@@H]1CC2(CN1C(=O)[C@@H](NC(=O)[C@@H](NC(=O)c1cnccn1)C1CCCCC1)C(C)(C)C)N(CC)C(=O)[C@@H]1CCCN12)C(=O)O. The number of amides is 5. The van der Waals surface area contributed by atoms with Gasteiger partial charge in [-0.3, -0.25) is 33.9 Å². The highest BCUT2D eigenvalue weighted by Crippen LogP contribution is 2.48. The molecule has 1 aromatic rings. The highest BCUT2D eigenvalue weighted by molar-refractivity contribution is 5.99. The molecule has 5 amide bonds. The summed E-state index contributed by atoms with van der Waals surface area (Å²) in [6.45, 7) is 12.1. The van der Waals surface area contributed by atoms with Gasteiger partial charge in [0, 0.05) is 37.8 Å². The maximum absolute atomic E-state index is 15.0. The van der Waals surface area contributed by atoms with Gasteiger partial charge in [-0.05, 0) is 50.4 Å². The summed E-state index contributed by atoms with van der Waals surface area (Å²) in [5.41, 5.74) is -3.28. The summed E-state index contributed by atoms with van der Waals surface area (Å²) in [5, 5.41) is 18.7. The number of carboxylic acid groups (broad SMARTS) is 1. The van der Waals surface area contributed by atoms with Crippen molar-refractivity contribution in [3.63, 3.8) is 0 Å². The smallest absolute Gasteiger partial charge is 0.330 e. The lowest BCUT2D eigenvalue weighted by atomic mass is 9.82. The van der Waals surface area contributed by atoms with Crippen molar-refractivity contribution in [2.45, 2.75) is 121 Å². The van der Waals surface area contributed by atoms with E-state index in [1.54, 1.807) is 4.90 Å². The van der Waals surface area contributed by atoms with Crippen molar-refractivity contribution in [1.29, 1.82) is 0 Å². The average Bonchev–Trinajstić information content (AvgIpc) is 3.38. The molecule has 2 aliphatic carbocycles. The molecule has 5 fully saturated rings. The molecule has 0 bridgehead atoms. The van der Waals surface area contributed by atoms with Crippen LogP contribution in [0, 0.1) is 17.3 Å². The Morgan fingerprint density at radius 1 is 1.06 bits per heavy atom.